The molecule has 4 nitrogen and oxygen atoms in total. The SMILES string of the molecule is COC(C)(C)C(C)C.Cc1cc2nccc(C)n2n1. The molecule has 0 saturated carbocycles. The first-order valence-corrected chi connectivity index (χ1v) is 6.61. The Morgan fingerprint density at radius 2 is 1.89 bits per heavy atom. The average molecular weight is 263 g/mol. The number of ether oxygens (including phenoxy) is 1. The molecule has 0 aliphatic heterocycles. The van der Waals surface area contributed by atoms with Crippen molar-refractivity contribution in [1.29, 1.82) is 0 Å². The minimum Gasteiger partial charge on any atom is -0.379 e. The molecule has 4 heteroatoms. The molecule has 2 rings (SSSR count). The summed E-state index contributed by atoms with van der Waals surface area (Å²) in [4.78, 5) is 4.16. The topological polar surface area (TPSA) is 39.4 Å². The van der Waals surface area contributed by atoms with E-state index in [-0.39, 0.29) is 5.60 Å². The van der Waals surface area contributed by atoms with Crippen LogP contribution in [0.25, 0.3) is 5.65 Å². The van der Waals surface area contributed by atoms with Crippen molar-refractivity contribution in [3.8, 4) is 0 Å². The summed E-state index contributed by atoms with van der Waals surface area (Å²) >= 11 is 0. The van der Waals surface area contributed by atoms with Gasteiger partial charge in [0.2, 0.25) is 0 Å². The second kappa shape index (κ2) is 6.15. The van der Waals surface area contributed by atoms with Crippen molar-refractivity contribution < 1.29 is 4.74 Å². The van der Waals surface area contributed by atoms with Gasteiger partial charge in [0, 0.05) is 25.1 Å². The lowest BCUT2D eigenvalue weighted by Gasteiger charge is -2.26. The lowest BCUT2D eigenvalue weighted by molar-refractivity contribution is -0.0156. The fourth-order valence-electron chi connectivity index (χ4n) is 1.37. The zero-order valence-corrected chi connectivity index (χ0v) is 13.1. The number of hydrogen-bond acceptors (Lipinski definition) is 3. The van der Waals surface area contributed by atoms with Gasteiger partial charge in [-0.2, -0.15) is 5.10 Å². The van der Waals surface area contributed by atoms with E-state index in [1.807, 2.05) is 30.5 Å². The zero-order valence-electron chi connectivity index (χ0n) is 13.1. The molecule has 0 radical (unpaired) electrons. The summed E-state index contributed by atoms with van der Waals surface area (Å²) in [6, 6.07) is 3.91. The molecule has 2 heterocycles. The van der Waals surface area contributed by atoms with Crippen LogP contribution in [0.4, 0.5) is 0 Å². The van der Waals surface area contributed by atoms with Crippen molar-refractivity contribution in [2.45, 2.75) is 47.1 Å². The highest BCUT2D eigenvalue weighted by molar-refractivity contribution is 5.39. The summed E-state index contributed by atoms with van der Waals surface area (Å²) < 4.78 is 7.04. The van der Waals surface area contributed by atoms with E-state index in [2.05, 4.69) is 37.8 Å². The molecule has 0 aliphatic carbocycles. The van der Waals surface area contributed by atoms with Gasteiger partial charge in [0.1, 0.15) is 0 Å². The lowest BCUT2D eigenvalue weighted by atomic mass is 9.95. The molecule has 0 amide bonds. The van der Waals surface area contributed by atoms with Crippen molar-refractivity contribution in [3.63, 3.8) is 0 Å². The largest absolute Gasteiger partial charge is 0.379 e. The van der Waals surface area contributed by atoms with Crippen molar-refractivity contribution in [1.82, 2.24) is 14.6 Å². The van der Waals surface area contributed by atoms with E-state index in [0.717, 1.165) is 17.0 Å². The average Bonchev–Trinajstić information content (AvgIpc) is 2.72. The van der Waals surface area contributed by atoms with Crippen LogP contribution in [0.15, 0.2) is 18.3 Å². The van der Waals surface area contributed by atoms with Gasteiger partial charge in [-0.1, -0.05) is 13.8 Å². The molecule has 0 atom stereocenters. The smallest absolute Gasteiger partial charge is 0.155 e. The van der Waals surface area contributed by atoms with Crippen LogP contribution in [0.3, 0.4) is 0 Å². The second-order valence-electron chi connectivity index (χ2n) is 5.60. The molecule has 0 fully saturated rings. The minimum absolute atomic E-state index is 0.0417. The highest BCUT2D eigenvalue weighted by Crippen LogP contribution is 2.18. The Bertz CT molecular complexity index is 529. The van der Waals surface area contributed by atoms with Gasteiger partial charge in [-0.3, -0.25) is 0 Å². The number of methoxy groups -OCH3 is 1. The number of rotatable bonds is 2. The summed E-state index contributed by atoms with van der Waals surface area (Å²) in [5, 5.41) is 4.27. The molecule has 2 aromatic rings. The zero-order chi connectivity index (χ0) is 14.6. The summed E-state index contributed by atoms with van der Waals surface area (Å²) in [6.07, 6.45) is 1.80. The fraction of sp³-hybridized carbons (Fsp3) is 0.600. The van der Waals surface area contributed by atoms with Crippen LogP contribution >= 0.6 is 0 Å². The third-order valence-corrected chi connectivity index (χ3v) is 3.59. The summed E-state index contributed by atoms with van der Waals surface area (Å²) in [5.41, 5.74) is 3.08. The van der Waals surface area contributed by atoms with Crippen LogP contribution < -0.4 is 0 Å². The predicted octanol–water partition coefficient (Wildman–Crippen LogP) is 3.41. The molecule has 19 heavy (non-hydrogen) atoms. The maximum absolute atomic E-state index is 5.20. The summed E-state index contributed by atoms with van der Waals surface area (Å²) in [6.45, 7) is 12.5. The molecule has 0 spiro atoms. The van der Waals surface area contributed by atoms with Crippen molar-refractivity contribution in [3.05, 3.63) is 29.7 Å². The van der Waals surface area contributed by atoms with E-state index < -0.39 is 0 Å². The van der Waals surface area contributed by atoms with Crippen molar-refractivity contribution in [2.75, 3.05) is 7.11 Å². The maximum atomic E-state index is 5.20. The first kappa shape index (κ1) is 15.6. The molecular weight excluding hydrogens is 238 g/mol. The van der Waals surface area contributed by atoms with Crippen LogP contribution in [-0.4, -0.2) is 27.3 Å². The van der Waals surface area contributed by atoms with Crippen LogP contribution in [-0.2, 0) is 4.74 Å². The van der Waals surface area contributed by atoms with Gasteiger partial charge in [0.15, 0.2) is 5.65 Å². The van der Waals surface area contributed by atoms with Gasteiger partial charge in [-0.05, 0) is 39.7 Å². The van der Waals surface area contributed by atoms with Gasteiger partial charge < -0.3 is 4.74 Å². The standard InChI is InChI=1S/C8H9N3.C7H16O/c1-6-5-8-9-4-3-7(2)11(8)10-6;1-6(2)7(3,4)8-5/h3-5H,1-2H3;6H,1-5H3. The maximum Gasteiger partial charge on any atom is 0.155 e. The third-order valence-electron chi connectivity index (χ3n) is 3.59. The quantitative estimate of drug-likeness (QED) is 0.833. The van der Waals surface area contributed by atoms with Crippen molar-refractivity contribution in [2.24, 2.45) is 5.92 Å². The Kier molecular flexibility index (Phi) is 5.06. The number of aryl methyl sites for hydroxylation is 2. The summed E-state index contributed by atoms with van der Waals surface area (Å²) in [5.74, 6) is 0.590. The number of aromatic nitrogens is 3. The predicted molar refractivity (Wildman–Crippen MR) is 78.4 cm³/mol. The van der Waals surface area contributed by atoms with Gasteiger partial charge in [-0.25, -0.2) is 9.50 Å². The molecular formula is C15H25N3O. The Hall–Kier alpha value is -1.42. The highest BCUT2D eigenvalue weighted by Gasteiger charge is 2.20. The van der Waals surface area contributed by atoms with E-state index in [9.17, 15) is 0 Å². The molecule has 0 aliphatic rings. The van der Waals surface area contributed by atoms with E-state index in [1.165, 1.54) is 0 Å². The fourth-order valence-corrected chi connectivity index (χ4v) is 1.37. The first-order chi connectivity index (χ1) is 8.77. The second-order valence-corrected chi connectivity index (χ2v) is 5.60. The Labute approximate surface area is 115 Å². The van der Waals surface area contributed by atoms with Crippen molar-refractivity contribution >= 4 is 5.65 Å². The van der Waals surface area contributed by atoms with Crippen LogP contribution in [0.2, 0.25) is 0 Å². The molecule has 106 valence electrons. The lowest BCUT2D eigenvalue weighted by Crippen LogP contribution is -2.29. The third kappa shape index (κ3) is 4.03. The van der Waals surface area contributed by atoms with E-state index in [0.29, 0.717) is 5.92 Å². The molecule has 0 aromatic carbocycles. The Morgan fingerprint density at radius 3 is 2.32 bits per heavy atom. The first-order valence-electron chi connectivity index (χ1n) is 6.61. The molecule has 0 saturated heterocycles. The van der Waals surface area contributed by atoms with Crippen LogP contribution in [0.5, 0.6) is 0 Å². The molecule has 0 unspecified atom stereocenters. The van der Waals surface area contributed by atoms with Gasteiger partial charge in [-0.15, -0.1) is 0 Å². The molecule has 0 bridgehead atoms. The van der Waals surface area contributed by atoms with Crippen LogP contribution in [0.1, 0.15) is 39.1 Å². The number of hydrogen-bond donors (Lipinski definition) is 0. The molecule has 2 aromatic heterocycles. The normalized spacial score (nSPS) is 11.6. The number of nitrogens with zero attached hydrogens (tertiary/aromatic N) is 3. The Balaban J connectivity index is 0.000000203. The van der Waals surface area contributed by atoms with Crippen LogP contribution in [0, 0.1) is 19.8 Å². The van der Waals surface area contributed by atoms with E-state index >= 15 is 0 Å². The molecule has 0 N–H and O–H groups in total. The number of fused-ring (bicyclic) bond motifs is 1. The van der Waals surface area contributed by atoms with E-state index in [1.54, 1.807) is 13.3 Å². The van der Waals surface area contributed by atoms with Gasteiger partial charge >= 0.3 is 0 Å². The Morgan fingerprint density at radius 1 is 1.26 bits per heavy atom. The minimum atomic E-state index is 0.0417. The summed E-state index contributed by atoms with van der Waals surface area (Å²) in [7, 11) is 1.75. The van der Waals surface area contributed by atoms with Gasteiger partial charge in [0.25, 0.3) is 0 Å². The van der Waals surface area contributed by atoms with Gasteiger partial charge in [0.05, 0.1) is 11.3 Å². The monoisotopic (exact) mass is 263 g/mol. The highest BCUT2D eigenvalue weighted by atomic mass is 16.5. The van der Waals surface area contributed by atoms with E-state index in [4.69, 9.17) is 4.74 Å².